The molecule has 1 aliphatic carbocycles. The molecule has 0 heteroatoms. The minimum Gasteiger partial charge on any atom is -0.120 e. The quantitative estimate of drug-likeness (QED) is 0.455. The Morgan fingerprint density at radius 1 is 1.71 bits per heavy atom. The zero-order chi connectivity index (χ0) is 5.11. The third kappa shape index (κ3) is 1.64. The molecular weight excluding hydrogens is 84.1 g/mol. The molecule has 1 rings (SSSR count). The number of rotatable bonds is 2. The molecule has 1 fully saturated rings. The van der Waals surface area contributed by atoms with Crippen molar-refractivity contribution < 1.29 is 0 Å². The maximum atomic E-state index is 5.02. The summed E-state index contributed by atoms with van der Waals surface area (Å²) in [7, 11) is 0. The Morgan fingerprint density at radius 3 is 2.86 bits per heavy atom. The van der Waals surface area contributed by atoms with Gasteiger partial charge in [0.2, 0.25) is 0 Å². The molecule has 0 atom stereocenters. The van der Waals surface area contributed by atoms with Crippen LogP contribution in [0.15, 0.2) is 0 Å². The molecule has 0 saturated heterocycles. The van der Waals surface area contributed by atoms with Crippen molar-refractivity contribution in [1.29, 1.82) is 0 Å². The van der Waals surface area contributed by atoms with Crippen molar-refractivity contribution in [3.05, 3.63) is 6.42 Å². The van der Waals surface area contributed by atoms with Crippen LogP contribution in [0.5, 0.6) is 0 Å². The van der Waals surface area contributed by atoms with Crippen molar-refractivity contribution in [2.24, 2.45) is 5.92 Å². The van der Waals surface area contributed by atoms with Gasteiger partial charge in [-0.1, -0.05) is 0 Å². The lowest BCUT2D eigenvalue weighted by Crippen LogP contribution is -1.72. The molecule has 0 spiro atoms. The van der Waals surface area contributed by atoms with Gasteiger partial charge < -0.3 is 0 Å². The van der Waals surface area contributed by atoms with Gasteiger partial charge in [0, 0.05) is 6.42 Å². The molecule has 0 amide bonds. The number of hydrogen-bond donors (Lipinski definition) is 0. The average molecular weight is 93.1 g/mol. The first-order valence-corrected chi connectivity index (χ1v) is 2.70. The summed E-state index contributed by atoms with van der Waals surface area (Å²) in [5.41, 5.74) is 0. The summed E-state index contributed by atoms with van der Waals surface area (Å²) in [6, 6.07) is 0. The highest BCUT2D eigenvalue weighted by Crippen LogP contribution is 2.32. The Bertz CT molecular complexity index is 82.7. The van der Waals surface area contributed by atoms with Crippen LogP contribution in [0.4, 0.5) is 0 Å². The van der Waals surface area contributed by atoms with E-state index in [0.29, 0.717) is 0 Å². The van der Waals surface area contributed by atoms with Gasteiger partial charge in [0.15, 0.2) is 0 Å². The number of terminal acetylenes is 1. The molecule has 0 heterocycles. The molecule has 0 aliphatic heterocycles. The predicted octanol–water partition coefficient (Wildman–Crippen LogP) is 1.62. The average Bonchev–Trinajstić information content (AvgIpc) is 2.42. The second-order valence-electron chi connectivity index (χ2n) is 1.98. The molecular formula is C7H9. The van der Waals surface area contributed by atoms with E-state index in [4.69, 9.17) is 6.42 Å². The highest BCUT2D eigenvalue weighted by Gasteiger charge is 2.19. The fraction of sp³-hybridized carbons (Fsp3) is 0.571. The third-order valence-electron chi connectivity index (χ3n) is 1.19. The van der Waals surface area contributed by atoms with Crippen LogP contribution in [0.3, 0.4) is 0 Å². The van der Waals surface area contributed by atoms with Crippen molar-refractivity contribution in [3.63, 3.8) is 0 Å². The van der Waals surface area contributed by atoms with Gasteiger partial charge in [-0.3, -0.25) is 0 Å². The van der Waals surface area contributed by atoms with Gasteiger partial charge in [-0.15, -0.1) is 12.3 Å². The standard InChI is InChI=1S/C7H9/c1-2-3-4-7-5-6-7/h1,4,7H,3,5-6H2. The van der Waals surface area contributed by atoms with Gasteiger partial charge in [0.1, 0.15) is 0 Å². The van der Waals surface area contributed by atoms with Crippen molar-refractivity contribution >= 4 is 0 Å². The van der Waals surface area contributed by atoms with Gasteiger partial charge >= 0.3 is 0 Å². The second kappa shape index (κ2) is 2.02. The first-order chi connectivity index (χ1) is 3.43. The monoisotopic (exact) mass is 93.1 g/mol. The largest absolute Gasteiger partial charge is 0.120 e. The lowest BCUT2D eigenvalue weighted by atomic mass is 10.2. The van der Waals surface area contributed by atoms with E-state index in [1.165, 1.54) is 12.8 Å². The third-order valence-corrected chi connectivity index (χ3v) is 1.19. The van der Waals surface area contributed by atoms with E-state index in [1.54, 1.807) is 0 Å². The van der Waals surface area contributed by atoms with Crippen LogP contribution in [-0.4, -0.2) is 0 Å². The lowest BCUT2D eigenvalue weighted by Gasteiger charge is -1.82. The van der Waals surface area contributed by atoms with Crippen LogP contribution in [0, 0.1) is 24.7 Å². The molecule has 0 aromatic heterocycles. The number of hydrogen-bond acceptors (Lipinski definition) is 0. The smallest absolute Gasteiger partial charge is 0.0120 e. The van der Waals surface area contributed by atoms with Crippen molar-refractivity contribution in [2.75, 3.05) is 0 Å². The molecule has 0 aromatic rings. The lowest BCUT2D eigenvalue weighted by molar-refractivity contribution is 0.957. The van der Waals surface area contributed by atoms with Crippen LogP contribution in [-0.2, 0) is 0 Å². The van der Waals surface area contributed by atoms with E-state index < -0.39 is 0 Å². The molecule has 0 unspecified atom stereocenters. The highest BCUT2D eigenvalue weighted by molar-refractivity contribution is 4.97. The van der Waals surface area contributed by atoms with E-state index in [1.807, 2.05) is 0 Å². The molecule has 0 nitrogen and oxygen atoms in total. The summed E-state index contributed by atoms with van der Waals surface area (Å²) in [5, 5.41) is 0. The fourth-order valence-corrected chi connectivity index (χ4v) is 0.567. The summed E-state index contributed by atoms with van der Waals surface area (Å²) in [6.45, 7) is 0. The van der Waals surface area contributed by atoms with Crippen LogP contribution in [0.1, 0.15) is 19.3 Å². The summed E-state index contributed by atoms with van der Waals surface area (Å²) in [5.74, 6) is 3.47. The van der Waals surface area contributed by atoms with E-state index in [2.05, 4.69) is 12.3 Å². The van der Waals surface area contributed by atoms with Crippen molar-refractivity contribution in [1.82, 2.24) is 0 Å². The van der Waals surface area contributed by atoms with Gasteiger partial charge in [-0.05, 0) is 25.2 Å². The fourth-order valence-electron chi connectivity index (χ4n) is 0.567. The Labute approximate surface area is 44.9 Å². The zero-order valence-electron chi connectivity index (χ0n) is 4.35. The highest BCUT2D eigenvalue weighted by atomic mass is 14.2. The van der Waals surface area contributed by atoms with Crippen molar-refractivity contribution in [2.45, 2.75) is 19.3 Å². The van der Waals surface area contributed by atoms with Crippen molar-refractivity contribution in [3.8, 4) is 12.3 Å². The SMILES string of the molecule is C#CC[CH]C1CC1. The first-order valence-electron chi connectivity index (χ1n) is 2.70. The first kappa shape index (κ1) is 4.71. The molecule has 1 saturated carbocycles. The van der Waals surface area contributed by atoms with E-state index in [0.717, 1.165) is 12.3 Å². The maximum Gasteiger partial charge on any atom is 0.0120 e. The van der Waals surface area contributed by atoms with Gasteiger partial charge in [-0.2, -0.15) is 0 Å². The van der Waals surface area contributed by atoms with Crippen LogP contribution in [0.25, 0.3) is 0 Å². The molecule has 0 aromatic carbocycles. The van der Waals surface area contributed by atoms with Crippen LogP contribution >= 0.6 is 0 Å². The van der Waals surface area contributed by atoms with Crippen LogP contribution in [0.2, 0.25) is 0 Å². The minimum atomic E-state index is 0.866. The summed E-state index contributed by atoms with van der Waals surface area (Å²) >= 11 is 0. The molecule has 1 aliphatic rings. The second-order valence-corrected chi connectivity index (χ2v) is 1.98. The Morgan fingerprint density at radius 2 is 2.43 bits per heavy atom. The maximum absolute atomic E-state index is 5.02. The summed E-state index contributed by atoms with van der Waals surface area (Å²) in [6.07, 6.45) is 10.9. The minimum absolute atomic E-state index is 0.866. The van der Waals surface area contributed by atoms with E-state index in [9.17, 15) is 0 Å². The van der Waals surface area contributed by atoms with Gasteiger partial charge in [-0.25, -0.2) is 0 Å². The molecule has 37 valence electrons. The Kier molecular flexibility index (Phi) is 1.36. The molecule has 0 bridgehead atoms. The Balaban J connectivity index is 1.91. The molecule has 1 radical (unpaired) electrons. The van der Waals surface area contributed by atoms with E-state index >= 15 is 0 Å². The zero-order valence-corrected chi connectivity index (χ0v) is 4.35. The Hall–Kier alpha value is -0.440. The topological polar surface area (TPSA) is 0 Å². The van der Waals surface area contributed by atoms with Gasteiger partial charge in [0.25, 0.3) is 0 Å². The van der Waals surface area contributed by atoms with E-state index in [-0.39, 0.29) is 0 Å². The normalized spacial score (nSPS) is 18.7. The summed E-state index contributed by atoms with van der Waals surface area (Å²) < 4.78 is 0. The predicted molar refractivity (Wildman–Crippen MR) is 30.5 cm³/mol. The molecule has 7 heavy (non-hydrogen) atoms. The summed E-state index contributed by atoms with van der Waals surface area (Å²) in [4.78, 5) is 0. The molecule has 0 N–H and O–H groups in total. The van der Waals surface area contributed by atoms with Gasteiger partial charge in [0.05, 0.1) is 0 Å². The van der Waals surface area contributed by atoms with Crippen LogP contribution < -0.4 is 0 Å².